The number of anilines is 1. The zero-order valence-electron chi connectivity index (χ0n) is 14.8. The van der Waals surface area contributed by atoms with Gasteiger partial charge in [-0.2, -0.15) is 0 Å². The van der Waals surface area contributed by atoms with Crippen molar-refractivity contribution in [1.82, 2.24) is 9.80 Å². The minimum atomic E-state index is -3.31. The van der Waals surface area contributed by atoms with E-state index in [9.17, 15) is 18.0 Å². The SMILES string of the molecule is COC(=O)N1CCCN(C(=O)/C=C/c2ccc(NS(C)(=O)=O)cc2)CC1. The standard InChI is InChI=1S/C17H23N3O5S/c1-25-17(22)20-11-3-10-19(12-13-20)16(21)9-6-14-4-7-15(8-5-14)18-26(2,23)24/h4-9,18H,3,10-13H2,1-2H3/b9-6+. The van der Waals surface area contributed by atoms with Gasteiger partial charge in [-0.3, -0.25) is 9.52 Å². The van der Waals surface area contributed by atoms with E-state index in [-0.39, 0.29) is 12.0 Å². The Hall–Kier alpha value is -2.55. The molecule has 0 unspecified atom stereocenters. The molecule has 0 aliphatic carbocycles. The number of hydrogen-bond donors (Lipinski definition) is 1. The lowest BCUT2D eigenvalue weighted by Crippen LogP contribution is -2.36. The van der Waals surface area contributed by atoms with Gasteiger partial charge >= 0.3 is 6.09 Å². The maximum absolute atomic E-state index is 12.3. The lowest BCUT2D eigenvalue weighted by molar-refractivity contribution is -0.125. The van der Waals surface area contributed by atoms with Crippen molar-refractivity contribution in [3.63, 3.8) is 0 Å². The number of methoxy groups -OCH3 is 1. The molecule has 0 bridgehead atoms. The van der Waals surface area contributed by atoms with Crippen LogP contribution >= 0.6 is 0 Å². The predicted molar refractivity (Wildman–Crippen MR) is 99.1 cm³/mol. The van der Waals surface area contributed by atoms with Crippen LogP contribution in [0.15, 0.2) is 30.3 Å². The molecule has 1 heterocycles. The number of benzene rings is 1. The molecule has 8 nitrogen and oxygen atoms in total. The third-order valence-corrected chi connectivity index (χ3v) is 4.48. The van der Waals surface area contributed by atoms with Crippen molar-refractivity contribution in [1.29, 1.82) is 0 Å². The number of amides is 2. The van der Waals surface area contributed by atoms with Gasteiger partial charge in [0.15, 0.2) is 0 Å². The highest BCUT2D eigenvalue weighted by Gasteiger charge is 2.21. The van der Waals surface area contributed by atoms with Crippen LogP contribution in [0.5, 0.6) is 0 Å². The monoisotopic (exact) mass is 381 g/mol. The largest absolute Gasteiger partial charge is 0.453 e. The molecule has 9 heteroatoms. The summed E-state index contributed by atoms with van der Waals surface area (Å²) in [4.78, 5) is 27.2. The Morgan fingerprint density at radius 1 is 1.08 bits per heavy atom. The van der Waals surface area contributed by atoms with E-state index in [1.807, 2.05) is 0 Å². The average molecular weight is 381 g/mol. The minimum absolute atomic E-state index is 0.130. The maximum atomic E-state index is 12.3. The van der Waals surface area contributed by atoms with Crippen LogP contribution in [0.2, 0.25) is 0 Å². The van der Waals surface area contributed by atoms with Crippen molar-refractivity contribution < 1.29 is 22.7 Å². The van der Waals surface area contributed by atoms with Gasteiger partial charge in [0.05, 0.1) is 13.4 Å². The predicted octanol–water partition coefficient (Wildman–Crippen LogP) is 1.37. The van der Waals surface area contributed by atoms with E-state index in [1.165, 1.54) is 13.2 Å². The Morgan fingerprint density at radius 3 is 2.31 bits per heavy atom. The quantitative estimate of drug-likeness (QED) is 0.795. The van der Waals surface area contributed by atoms with Crippen LogP contribution in [0.1, 0.15) is 12.0 Å². The molecule has 0 aromatic heterocycles. The first-order valence-electron chi connectivity index (χ1n) is 8.16. The van der Waals surface area contributed by atoms with Crippen molar-refractivity contribution in [2.45, 2.75) is 6.42 Å². The molecule has 0 radical (unpaired) electrons. The summed E-state index contributed by atoms with van der Waals surface area (Å²) < 4.78 is 29.5. The number of carbonyl (C=O) groups is 2. The molecule has 1 aromatic carbocycles. The van der Waals surface area contributed by atoms with Gasteiger partial charge in [0.2, 0.25) is 15.9 Å². The third kappa shape index (κ3) is 6.07. The minimum Gasteiger partial charge on any atom is -0.453 e. The van der Waals surface area contributed by atoms with Crippen LogP contribution in [-0.4, -0.2) is 69.8 Å². The maximum Gasteiger partial charge on any atom is 0.409 e. The van der Waals surface area contributed by atoms with Gasteiger partial charge in [-0.05, 0) is 30.2 Å². The van der Waals surface area contributed by atoms with Crippen LogP contribution in [0.4, 0.5) is 10.5 Å². The molecule has 0 saturated carbocycles. The van der Waals surface area contributed by atoms with Crippen LogP contribution in [0.3, 0.4) is 0 Å². The summed E-state index contributed by atoms with van der Waals surface area (Å²) in [5.74, 6) is -0.130. The fourth-order valence-electron chi connectivity index (χ4n) is 2.60. The van der Waals surface area contributed by atoms with E-state index < -0.39 is 10.0 Å². The van der Waals surface area contributed by atoms with Crippen molar-refractivity contribution >= 4 is 33.8 Å². The van der Waals surface area contributed by atoms with Gasteiger partial charge < -0.3 is 14.5 Å². The number of ether oxygens (including phenoxy) is 1. The van der Waals surface area contributed by atoms with E-state index in [4.69, 9.17) is 4.74 Å². The highest BCUT2D eigenvalue weighted by atomic mass is 32.2. The number of nitrogens with one attached hydrogen (secondary N) is 1. The summed E-state index contributed by atoms with van der Waals surface area (Å²) in [6, 6.07) is 6.70. The normalized spacial score (nSPS) is 15.6. The second kappa shape index (κ2) is 8.70. The van der Waals surface area contributed by atoms with Crippen LogP contribution in [0.25, 0.3) is 6.08 Å². The van der Waals surface area contributed by atoms with Gasteiger partial charge in [-0.1, -0.05) is 12.1 Å². The molecule has 1 aromatic rings. The summed E-state index contributed by atoms with van der Waals surface area (Å²) >= 11 is 0. The molecule has 1 N–H and O–H groups in total. The number of hydrogen-bond acceptors (Lipinski definition) is 5. The van der Waals surface area contributed by atoms with Crippen molar-refractivity contribution in [2.75, 3.05) is 44.3 Å². The van der Waals surface area contributed by atoms with E-state index in [0.29, 0.717) is 38.3 Å². The smallest absolute Gasteiger partial charge is 0.409 e. The second-order valence-corrected chi connectivity index (χ2v) is 7.71. The van der Waals surface area contributed by atoms with Gasteiger partial charge in [-0.15, -0.1) is 0 Å². The van der Waals surface area contributed by atoms with Crippen molar-refractivity contribution in [3.05, 3.63) is 35.9 Å². The fourth-order valence-corrected chi connectivity index (χ4v) is 3.16. The van der Waals surface area contributed by atoms with Crippen molar-refractivity contribution in [3.8, 4) is 0 Å². The molecule has 1 saturated heterocycles. The Labute approximate surface area is 153 Å². The van der Waals surface area contributed by atoms with E-state index in [0.717, 1.165) is 11.8 Å². The first kappa shape index (κ1) is 19.8. The first-order valence-corrected chi connectivity index (χ1v) is 10.1. The summed E-state index contributed by atoms with van der Waals surface area (Å²) in [5, 5.41) is 0. The first-order chi connectivity index (χ1) is 12.3. The Bertz CT molecular complexity index is 774. The zero-order valence-corrected chi connectivity index (χ0v) is 15.7. The highest BCUT2D eigenvalue weighted by Crippen LogP contribution is 2.12. The fraction of sp³-hybridized carbons (Fsp3) is 0.412. The van der Waals surface area contributed by atoms with Crippen LogP contribution < -0.4 is 4.72 Å². The molecule has 1 aliphatic heterocycles. The number of nitrogens with zero attached hydrogens (tertiary/aromatic N) is 2. The zero-order chi connectivity index (χ0) is 19.2. The highest BCUT2D eigenvalue weighted by molar-refractivity contribution is 7.92. The number of rotatable bonds is 4. The Balaban J connectivity index is 1.93. The molecule has 1 fully saturated rings. The topological polar surface area (TPSA) is 96.0 Å². The lowest BCUT2D eigenvalue weighted by Gasteiger charge is -2.20. The van der Waals surface area contributed by atoms with Gasteiger partial charge in [0.25, 0.3) is 0 Å². The number of sulfonamides is 1. The third-order valence-electron chi connectivity index (χ3n) is 3.87. The summed E-state index contributed by atoms with van der Waals surface area (Å²) in [6.07, 6.45) is 4.56. The molecule has 0 atom stereocenters. The number of carbonyl (C=O) groups excluding carboxylic acids is 2. The Morgan fingerprint density at radius 2 is 1.69 bits per heavy atom. The summed E-state index contributed by atoms with van der Waals surface area (Å²) in [6.45, 7) is 2.04. The van der Waals surface area contributed by atoms with E-state index in [1.54, 1.807) is 40.1 Å². The molecule has 26 heavy (non-hydrogen) atoms. The molecule has 0 spiro atoms. The summed E-state index contributed by atoms with van der Waals surface area (Å²) in [7, 11) is -1.97. The van der Waals surface area contributed by atoms with Crippen LogP contribution in [0, 0.1) is 0 Å². The molecule has 2 rings (SSSR count). The summed E-state index contributed by atoms with van der Waals surface area (Å²) in [5.41, 5.74) is 1.25. The molecule has 142 valence electrons. The van der Waals surface area contributed by atoms with Gasteiger partial charge in [0.1, 0.15) is 0 Å². The molecule has 2 amide bonds. The lowest BCUT2D eigenvalue weighted by atomic mass is 10.2. The van der Waals surface area contributed by atoms with Gasteiger partial charge in [0, 0.05) is 37.9 Å². The second-order valence-electron chi connectivity index (χ2n) is 5.97. The van der Waals surface area contributed by atoms with Gasteiger partial charge in [-0.25, -0.2) is 13.2 Å². The molecule has 1 aliphatic rings. The Kier molecular flexibility index (Phi) is 6.62. The van der Waals surface area contributed by atoms with E-state index in [2.05, 4.69) is 4.72 Å². The molecular weight excluding hydrogens is 358 g/mol. The van der Waals surface area contributed by atoms with Crippen molar-refractivity contribution in [2.24, 2.45) is 0 Å². The van der Waals surface area contributed by atoms with E-state index >= 15 is 0 Å². The molecular formula is C17H23N3O5S. The average Bonchev–Trinajstić information content (AvgIpc) is 2.85. The van der Waals surface area contributed by atoms with Crippen LogP contribution in [-0.2, 0) is 19.6 Å².